The lowest BCUT2D eigenvalue weighted by Crippen LogP contribution is -2.38. The van der Waals surface area contributed by atoms with Crippen LogP contribution in [-0.4, -0.2) is 29.2 Å². The lowest BCUT2D eigenvalue weighted by molar-refractivity contribution is -0.151. The molecule has 0 aromatic carbocycles. The van der Waals surface area contributed by atoms with E-state index in [0.717, 1.165) is 5.76 Å². The van der Waals surface area contributed by atoms with Gasteiger partial charge in [-0.3, -0.25) is 4.90 Å². The summed E-state index contributed by atoms with van der Waals surface area (Å²) in [6.45, 7) is 9.41. The summed E-state index contributed by atoms with van der Waals surface area (Å²) in [6, 6.07) is 3.35. The first-order valence-corrected chi connectivity index (χ1v) is 7.10. The number of alkyl halides is 3. The van der Waals surface area contributed by atoms with Crippen molar-refractivity contribution in [3.63, 3.8) is 0 Å². The van der Waals surface area contributed by atoms with Gasteiger partial charge in [0.25, 0.3) is 0 Å². The molecule has 0 aliphatic carbocycles. The molecule has 0 fully saturated rings. The van der Waals surface area contributed by atoms with Crippen LogP contribution in [0.1, 0.15) is 46.1 Å². The summed E-state index contributed by atoms with van der Waals surface area (Å²) in [5.74, 6) is 1.29. The number of halogens is 3. The standard InChI is InChI=1S/C15H25F3N2O/c1-11(2)20(10-15(16,17)18)9-13-7-6-12(21-13)8-19-14(3,4)5/h6-7,11,19H,8-10H2,1-5H3. The molecule has 0 atom stereocenters. The lowest BCUT2D eigenvalue weighted by atomic mass is 10.1. The van der Waals surface area contributed by atoms with E-state index in [2.05, 4.69) is 5.32 Å². The summed E-state index contributed by atoms with van der Waals surface area (Å²) >= 11 is 0. The Kier molecular flexibility index (Phi) is 5.87. The van der Waals surface area contributed by atoms with E-state index in [4.69, 9.17) is 4.42 Å². The molecule has 1 aromatic heterocycles. The minimum atomic E-state index is -4.20. The number of hydrogen-bond donors (Lipinski definition) is 1. The molecular formula is C15H25F3N2O. The molecule has 1 rings (SSSR count). The maximum atomic E-state index is 12.5. The maximum Gasteiger partial charge on any atom is 0.401 e. The van der Waals surface area contributed by atoms with E-state index >= 15 is 0 Å². The number of furan rings is 1. The highest BCUT2D eigenvalue weighted by Gasteiger charge is 2.32. The van der Waals surface area contributed by atoms with Crippen LogP contribution in [0, 0.1) is 0 Å². The molecule has 0 saturated carbocycles. The predicted molar refractivity (Wildman–Crippen MR) is 76.9 cm³/mol. The minimum Gasteiger partial charge on any atom is -0.463 e. The molecule has 0 amide bonds. The highest BCUT2D eigenvalue weighted by molar-refractivity contribution is 5.07. The highest BCUT2D eigenvalue weighted by atomic mass is 19.4. The Balaban J connectivity index is 2.63. The van der Waals surface area contributed by atoms with Gasteiger partial charge in [0.2, 0.25) is 0 Å². The molecule has 0 aliphatic rings. The quantitative estimate of drug-likeness (QED) is 0.863. The molecule has 3 nitrogen and oxygen atoms in total. The van der Waals surface area contributed by atoms with Crippen molar-refractivity contribution in [3.8, 4) is 0 Å². The van der Waals surface area contributed by atoms with Crippen LogP contribution in [0.3, 0.4) is 0 Å². The van der Waals surface area contributed by atoms with Crippen molar-refractivity contribution in [2.75, 3.05) is 6.54 Å². The fraction of sp³-hybridized carbons (Fsp3) is 0.733. The monoisotopic (exact) mass is 306 g/mol. The second-order valence-corrected chi connectivity index (χ2v) is 6.59. The van der Waals surface area contributed by atoms with Gasteiger partial charge in [-0.2, -0.15) is 13.2 Å². The number of hydrogen-bond acceptors (Lipinski definition) is 3. The normalized spacial score (nSPS) is 13.4. The van der Waals surface area contributed by atoms with E-state index in [1.807, 2.05) is 20.8 Å². The molecule has 0 radical (unpaired) electrons. The second-order valence-electron chi connectivity index (χ2n) is 6.59. The number of rotatable bonds is 6. The van der Waals surface area contributed by atoms with Gasteiger partial charge in [0, 0.05) is 11.6 Å². The van der Waals surface area contributed by atoms with Crippen molar-refractivity contribution in [2.45, 2.75) is 65.5 Å². The molecule has 0 saturated heterocycles. The third-order valence-electron chi connectivity index (χ3n) is 2.98. The van der Waals surface area contributed by atoms with Gasteiger partial charge in [0.1, 0.15) is 11.5 Å². The van der Waals surface area contributed by atoms with E-state index in [1.165, 1.54) is 4.90 Å². The largest absolute Gasteiger partial charge is 0.463 e. The molecule has 1 heterocycles. The van der Waals surface area contributed by atoms with Crippen molar-refractivity contribution >= 4 is 0 Å². The topological polar surface area (TPSA) is 28.4 Å². The van der Waals surface area contributed by atoms with Crippen LogP contribution in [0.25, 0.3) is 0 Å². The van der Waals surface area contributed by atoms with Crippen molar-refractivity contribution in [1.29, 1.82) is 0 Å². The van der Waals surface area contributed by atoms with Gasteiger partial charge < -0.3 is 9.73 Å². The summed E-state index contributed by atoms with van der Waals surface area (Å²) in [7, 11) is 0. The smallest absolute Gasteiger partial charge is 0.401 e. The fourth-order valence-electron chi connectivity index (χ4n) is 1.81. The first-order valence-electron chi connectivity index (χ1n) is 7.10. The zero-order valence-corrected chi connectivity index (χ0v) is 13.3. The third kappa shape index (κ3) is 7.52. The molecule has 122 valence electrons. The average molecular weight is 306 g/mol. The Morgan fingerprint density at radius 1 is 1.14 bits per heavy atom. The predicted octanol–water partition coefficient (Wildman–Crippen LogP) is 3.94. The summed E-state index contributed by atoms with van der Waals surface area (Å²) in [5.41, 5.74) is -0.0345. The van der Waals surface area contributed by atoms with Crippen LogP contribution in [0.5, 0.6) is 0 Å². The second kappa shape index (κ2) is 6.83. The first kappa shape index (κ1) is 18.0. The average Bonchev–Trinajstić information content (AvgIpc) is 2.70. The van der Waals surface area contributed by atoms with Gasteiger partial charge in [-0.15, -0.1) is 0 Å². The van der Waals surface area contributed by atoms with E-state index in [-0.39, 0.29) is 18.1 Å². The molecule has 1 aromatic rings. The molecule has 21 heavy (non-hydrogen) atoms. The summed E-state index contributed by atoms with van der Waals surface area (Å²) in [5, 5.41) is 3.28. The van der Waals surface area contributed by atoms with Gasteiger partial charge in [-0.1, -0.05) is 0 Å². The molecule has 0 unspecified atom stereocenters. The van der Waals surface area contributed by atoms with Gasteiger partial charge in [0.05, 0.1) is 19.6 Å². The van der Waals surface area contributed by atoms with Crippen LogP contribution in [0.4, 0.5) is 13.2 Å². The van der Waals surface area contributed by atoms with Gasteiger partial charge in [0.15, 0.2) is 0 Å². The minimum absolute atomic E-state index is 0.0345. The first-order chi connectivity index (χ1) is 9.46. The van der Waals surface area contributed by atoms with Crippen LogP contribution in [-0.2, 0) is 13.1 Å². The van der Waals surface area contributed by atoms with Crippen molar-refractivity contribution in [1.82, 2.24) is 10.2 Å². The van der Waals surface area contributed by atoms with Crippen molar-refractivity contribution < 1.29 is 17.6 Å². The number of nitrogens with one attached hydrogen (secondary N) is 1. The molecule has 1 N–H and O–H groups in total. The van der Waals surface area contributed by atoms with Crippen LogP contribution in [0.15, 0.2) is 16.5 Å². The number of nitrogens with zero attached hydrogens (tertiary/aromatic N) is 1. The van der Waals surface area contributed by atoms with Gasteiger partial charge >= 0.3 is 6.18 Å². The molecule has 0 bridgehead atoms. The molecule has 6 heteroatoms. The maximum absolute atomic E-state index is 12.5. The molecule has 0 spiro atoms. The van der Waals surface area contributed by atoms with Crippen molar-refractivity contribution in [2.24, 2.45) is 0 Å². The van der Waals surface area contributed by atoms with E-state index < -0.39 is 12.7 Å². The SMILES string of the molecule is CC(C)N(Cc1ccc(CNC(C)(C)C)o1)CC(F)(F)F. The fourth-order valence-corrected chi connectivity index (χ4v) is 1.81. The van der Waals surface area contributed by atoms with Crippen LogP contribution >= 0.6 is 0 Å². The Bertz CT molecular complexity index is 433. The highest BCUT2D eigenvalue weighted by Crippen LogP contribution is 2.20. The summed E-state index contributed by atoms with van der Waals surface area (Å²) in [6.07, 6.45) is -4.20. The zero-order chi connectivity index (χ0) is 16.3. The van der Waals surface area contributed by atoms with Crippen LogP contribution in [0.2, 0.25) is 0 Å². The Morgan fingerprint density at radius 3 is 2.19 bits per heavy atom. The van der Waals surface area contributed by atoms with Gasteiger partial charge in [-0.25, -0.2) is 0 Å². The molecule has 0 aliphatic heterocycles. The third-order valence-corrected chi connectivity index (χ3v) is 2.98. The van der Waals surface area contributed by atoms with E-state index in [0.29, 0.717) is 12.3 Å². The van der Waals surface area contributed by atoms with Gasteiger partial charge in [-0.05, 0) is 46.8 Å². The Hall–Kier alpha value is -1.01. The lowest BCUT2D eigenvalue weighted by Gasteiger charge is -2.26. The summed E-state index contributed by atoms with van der Waals surface area (Å²) < 4.78 is 43.2. The molecular weight excluding hydrogens is 281 g/mol. The Labute approximate surface area is 124 Å². The van der Waals surface area contributed by atoms with Crippen molar-refractivity contribution in [3.05, 3.63) is 23.7 Å². The van der Waals surface area contributed by atoms with E-state index in [1.54, 1.807) is 26.0 Å². The van der Waals surface area contributed by atoms with E-state index in [9.17, 15) is 13.2 Å². The Morgan fingerprint density at radius 2 is 1.71 bits per heavy atom. The zero-order valence-electron chi connectivity index (χ0n) is 13.3. The van der Waals surface area contributed by atoms with Crippen LogP contribution < -0.4 is 5.32 Å². The summed E-state index contributed by atoms with van der Waals surface area (Å²) in [4.78, 5) is 1.35.